The minimum atomic E-state index is -0.228. The largest absolute Gasteiger partial charge is 0.448 e. The van der Waals surface area contributed by atoms with E-state index < -0.39 is 0 Å². The average molecular weight is 301 g/mol. The number of aromatic nitrogens is 2. The number of furan rings is 1. The zero-order valence-electron chi connectivity index (χ0n) is 12.1. The third-order valence-electron chi connectivity index (χ3n) is 3.76. The summed E-state index contributed by atoms with van der Waals surface area (Å²) in [6.45, 7) is 0.342. The highest BCUT2D eigenvalue weighted by Gasteiger charge is 2.13. The van der Waals surface area contributed by atoms with Crippen LogP contribution in [0, 0.1) is 11.3 Å². The van der Waals surface area contributed by atoms with E-state index in [1.807, 2.05) is 30.3 Å². The molecule has 0 aliphatic heterocycles. The second-order valence-electron chi connectivity index (χ2n) is 5.27. The highest BCUT2D eigenvalue weighted by Crippen LogP contribution is 2.24. The monoisotopic (exact) mass is 301 g/mol. The first-order valence-electron chi connectivity index (χ1n) is 7.12. The van der Waals surface area contributed by atoms with E-state index in [9.17, 15) is 4.79 Å². The van der Waals surface area contributed by atoms with Crippen LogP contribution in [-0.4, -0.2) is 9.55 Å². The molecule has 0 fully saturated rings. The van der Waals surface area contributed by atoms with Gasteiger partial charge in [0.1, 0.15) is 11.1 Å². The lowest BCUT2D eigenvalue weighted by molar-refractivity contribution is 0.642. The maximum atomic E-state index is 12.6. The van der Waals surface area contributed by atoms with Crippen LogP contribution < -0.4 is 5.56 Å². The van der Waals surface area contributed by atoms with Crippen LogP contribution in [0.5, 0.6) is 0 Å². The number of benzene rings is 2. The molecule has 23 heavy (non-hydrogen) atoms. The fourth-order valence-electron chi connectivity index (χ4n) is 2.66. The van der Waals surface area contributed by atoms with E-state index in [0.717, 1.165) is 10.9 Å². The fraction of sp³-hybridized carbons (Fsp3) is 0.0556. The second kappa shape index (κ2) is 5.11. The molecule has 0 N–H and O–H groups in total. The summed E-state index contributed by atoms with van der Waals surface area (Å²) < 4.78 is 7.15. The van der Waals surface area contributed by atoms with Gasteiger partial charge in [0.05, 0.1) is 24.5 Å². The van der Waals surface area contributed by atoms with Crippen molar-refractivity contribution in [1.82, 2.24) is 9.55 Å². The molecular weight excluding hydrogens is 290 g/mol. The molecule has 0 saturated heterocycles. The number of nitrogens with zero attached hydrogens (tertiary/aromatic N) is 3. The summed E-state index contributed by atoms with van der Waals surface area (Å²) in [4.78, 5) is 17.0. The Morgan fingerprint density at radius 2 is 2.04 bits per heavy atom. The molecule has 4 aromatic rings. The smallest absolute Gasteiger partial charge is 0.297 e. The van der Waals surface area contributed by atoms with Gasteiger partial charge in [-0.15, -0.1) is 0 Å². The van der Waals surface area contributed by atoms with Crippen molar-refractivity contribution in [3.05, 3.63) is 76.3 Å². The van der Waals surface area contributed by atoms with Crippen LogP contribution in [0.3, 0.4) is 0 Å². The molecule has 110 valence electrons. The third kappa shape index (κ3) is 2.17. The predicted octanol–water partition coefficient (Wildman–Crippen LogP) is 3.06. The minimum absolute atomic E-state index is 0.228. The molecule has 2 heterocycles. The van der Waals surface area contributed by atoms with E-state index in [4.69, 9.17) is 9.68 Å². The van der Waals surface area contributed by atoms with E-state index >= 15 is 0 Å². The molecule has 0 aliphatic rings. The van der Waals surface area contributed by atoms with Gasteiger partial charge >= 0.3 is 0 Å². The van der Waals surface area contributed by atoms with Crippen LogP contribution in [0.4, 0.5) is 0 Å². The molecule has 0 radical (unpaired) electrons. The first-order chi connectivity index (χ1) is 11.3. The summed E-state index contributed by atoms with van der Waals surface area (Å²) in [5, 5.41) is 9.79. The second-order valence-corrected chi connectivity index (χ2v) is 5.27. The maximum Gasteiger partial charge on any atom is 0.297 e. The Morgan fingerprint density at radius 3 is 2.91 bits per heavy atom. The molecule has 0 unspecified atom stereocenters. The van der Waals surface area contributed by atoms with Gasteiger partial charge < -0.3 is 4.42 Å². The average Bonchev–Trinajstić information content (AvgIpc) is 2.97. The molecule has 5 heteroatoms. The quantitative estimate of drug-likeness (QED) is 0.570. The zero-order valence-corrected chi connectivity index (χ0v) is 12.1. The topological polar surface area (TPSA) is 71.8 Å². The van der Waals surface area contributed by atoms with Gasteiger partial charge in [0.2, 0.25) is 5.58 Å². The van der Waals surface area contributed by atoms with E-state index in [1.165, 1.54) is 10.9 Å². The molecule has 0 spiro atoms. The molecule has 0 aliphatic carbocycles. The molecule has 4 rings (SSSR count). The predicted molar refractivity (Wildman–Crippen MR) is 86.0 cm³/mol. The van der Waals surface area contributed by atoms with E-state index in [2.05, 4.69) is 11.1 Å². The summed E-state index contributed by atoms with van der Waals surface area (Å²) in [5.41, 5.74) is 2.68. The summed E-state index contributed by atoms with van der Waals surface area (Å²) >= 11 is 0. The Kier molecular flexibility index (Phi) is 2.95. The van der Waals surface area contributed by atoms with Crippen LogP contribution >= 0.6 is 0 Å². The summed E-state index contributed by atoms with van der Waals surface area (Å²) in [6, 6.07) is 16.7. The Labute approximate surface area is 131 Å². The number of nitriles is 1. The lowest BCUT2D eigenvalue weighted by atomic mass is 10.1. The van der Waals surface area contributed by atoms with Crippen molar-refractivity contribution in [2.45, 2.75) is 6.54 Å². The zero-order chi connectivity index (χ0) is 15.8. The molecule has 0 bridgehead atoms. The van der Waals surface area contributed by atoms with Gasteiger partial charge in [-0.3, -0.25) is 9.36 Å². The van der Waals surface area contributed by atoms with Crippen molar-refractivity contribution in [3.8, 4) is 6.07 Å². The number of hydrogen-bond donors (Lipinski definition) is 0. The van der Waals surface area contributed by atoms with E-state index in [1.54, 1.807) is 18.2 Å². The van der Waals surface area contributed by atoms with Crippen LogP contribution in [0.2, 0.25) is 0 Å². The lowest BCUT2D eigenvalue weighted by Gasteiger charge is -2.05. The van der Waals surface area contributed by atoms with Crippen LogP contribution in [0.15, 0.2) is 64.1 Å². The minimum Gasteiger partial charge on any atom is -0.448 e. The molecular formula is C18H11N3O2. The van der Waals surface area contributed by atoms with Crippen molar-refractivity contribution in [1.29, 1.82) is 5.26 Å². The summed E-state index contributed by atoms with van der Waals surface area (Å²) in [5.74, 6) is 0. The fourth-order valence-corrected chi connectivity index (χ4v) is 2.66. The first kappa shape index (κ1) is 13.3. The van der Waals surface area contributed by atoms with Crippen LogP contribution in [0.25, 0.3) is 22.1 Å². The van der Waals surface area contributed by atoms with Gasteiger partial charge in [-0.25, -0.2) is 4.98 Å². The number of para-hydroxylation sites is 1. The lowest BCUT2D eigenvalue weighted by Crippen LogP contribution is -2.20. The number of rotatable bonds is 2. The van der Waals surface area contributed by atoms with Crippen molar-refractivity contribution in [3.63, 3.8) is 0 Å². The van der Waals surface area contributed by atoms with Gasteiger partial charge in [-0.05, 0) is 29.8 Å². The van der Waals surface area contributed by atoms with Crippen molar-refractivity contribution in [2.75, 3.05) is 0 Å². The summed E-state index contributed by atoms with van der Waals surface area (Å²) in [7, 11) is 0. The molecule has 0 saturated carbocycles. The highest BCUT2D eigenvalue weighted by atomic mass is 16.3. The van der Waals surface area contributed by atoms with E-state index in [0.29, 0.717) is 23.2 Å². The first-order valence-corrected chi connectivity index (χ1v) is 7.12. The van der Waals surface area contributed by atoms with Crippen molar-refractivity contribution >= 4 is 22.1 Å². The van der Waals surface area contributed by atoms with Crippen molar-refractivity contribution in [2.24, 2.45) is 0 Å². The Bertz CT molecular complexity index is 1130. The van der Waals surface area contributed by atoms with Gasteiger partial charge in [0, 0.05) is 5.39 Å². The van der Waals surface area contributed by atoms with Gasteiger partial charge in [0.15, 0.2) is 0 Å². The Morgan fingerprint density at radius 1 is 1.17 bits per heavy atom. The molecule has 5 nitrogen and oxygen atoms in total. The molecule has 0 atom stereocenters. The summed E-state index contributed by atoms with van der Waals surface area (Å²) in [6.07, 6.45) is 1.52. The van der Waals surface area contributed by atoms with E-state index in [-0.39, 0.29) is 11.1 Å². The van der Waals surface area contributed by atoms with Gasteiger partial charge in [-0.1, -0.05) is 24.3 Å². The molecule has 2 aromatic carbocycles. The normalized spacial score (nSPS) is 10.9. The maximum absolute atomic E-state index is 12.6. The number of fused-ring (bicyclic) bond motifs is 3. The molecule has 0 amide bonds. The standard InChI is InChI=1S/C18H11N3O2/c19-9-12-4-3-5-13(8-12)10-21-11-20-16-14-6-1-2-7-15(14)23-17(16)18(21)22/h1-8,11H,10H2. The Hall–Kier alpha value is -3.39. The third-order valence-corrected chi connectivity index (χ3v) is 3.76. The SMILES string of the molecule is N#Cc1cccc(Cn2cnc3c(oc4ccccc43)c2=O)c1. The van der Waals surface area contributed by atoms with Crippen LogP contribution in [-0.2, 0) is 6.54 Å². The van der Waals surface area contributed by atoms with Crippen molar-refractivity contribution < 1.29 is 4.42 Å². The Balaban J connectivity index is 1.85. The van der Waals surface area contributed by atoms with Gasteiger partial charge in [0.25, 0.3) is 5.56 Å². The number of hydrogen-bond acceptors (Lipinski definition) is 4. The molecule has 2 aromatic heterocycles. The van der Waals surface area contributed by atoms with Crippen LogP contribution in [0.1, 0.15) is 11.1 Å². The van der Waals surface area contributed by atoms with Gasteiger partial charge in [-0.2, -0.15) is 5.26 Å². The highest BCUT2D eigenvalue weighted by molar-refractivity contribution is 6.01.